The number of aryl methyl sites for hydroxylation is 1. The van der Waals surface area contributed by atoms with E-state index in [4.69, 9.17) is 0 Å². The molecule has 1 fully saturated rings. The van der Waals surface area contributed by atoms with E-state index in [0.717, 1.165) is 11.1 Å². The minimum Gasteiger partial charge on any atom is -0.480 e. The molecule has 0 unspecified atom stereocenters. The number of benzene rings is 1. The highest BCUT2D eigenvalue weighted by Gasteiger charge is 2.55. The number of hydrogen-bond acceptors (Lipinski definition) is 5. The van der Waals surface area contributed by atoms with Crippen LogP contribution in [0.3, 0.4) is 0 Å². The summed E-state index contributed by atoms with van der Waals surface area (Å²) in [5, 5.41) is 9.87. The maximum atomic E-state index is 13.4. The predicted molar refractivity (Wildman–Crippen MR) is 104 cm³/mol. The van der Waals surface area contributed by atoms with E-state index in [1.807, 2.05) is 36.1 Å². The van der Waals surface area contributed by atoms with Crippen LogP contribution in [0.25, 0.3) is 0 Å². The number of hydrogen-bond donors (Lipinski definition) is 1. The van der Waals surface area contributed by atoms with Crippen LogP contribution in [0.1, 0.15) is 36.2 Å². The van der Waals surface area contributed by atoms with Crippen LogP contribution >= 0.6 is 0 Å². The molecule has 0 radical (unpaired) electrons. The Labute approximate surface area is 165 Å². The van der Waals surface area contributed by atoms with E-state index >= 15 is 0 Å². The fourth-order valence-corrected chi connectivity index (χ4v) is 4.08. The molecule has 0 saturated carbocycles. The summed E-state index contributed by atoms with van der Waals surface area (Å²) in [4.78, 5) is 37.1. The minimum absolute atomic E-state index is 0.0873. The van der Waals surface area contributed by atoms with E-state index in [1.165, 1.54) is 0 Å². The second-order valence-electron chi connectivity index (χ2n) is 7.69. The Morgan fingerprint density at radius 1 is 1.32 bits per heavy atom. The summed E-state index contributed by atoms with van der Waals surface area (Å²) in [5.41, 5.74) is 1.61. The molecule has 1 aromatic carbocycles. The van der Waals surface area contributed by atoms with Gasteiger partial charge in [0.05, 0.1) is 24.4 Å². The lowest BCUT2D eigenvalue weighted by Gasteiger charge is -2.33. The predicted octanol–water partition coefficient (Wildman–Crippen LogP) is 2.28. The fraction of sp³-hybridized carbons (Fsp3) is 0.429. The molecule has 0 aliphatic carbocycles. The van der Waals surface area contributed by atoms with Gasteiger partial charge in [0.2, 0.25) is 5.91 Å². The van der Waals surface area contributed by atoms with Crippen molar-refractivity contribution >= 4 is 11.9 Å². The van der Waals surface area contributed by atoms with Crippen molar-refractivity contribution < 1.29 is 14.7 Å². The van der Waals surface area contributed by atoms with Gasteiger partial charge < -0.3 is 10.0 Å². The van der Waals surface area contributed by atoms with E-state index in [1.54, 1.807) is 44.5 Å². The van der Waals surface area contributed by atoms with Crippen molar-refractivity contribution in [2.24, 2.45) is 5.92 Å². The average Bonchev–Trinajstić information content (AvgIpc) is 2.95. The normalized spacial score (nSPS) is 24.9. The van der Waals surface area contributed by atoms with Crippen LogP contribution < -0.4 is 0 Å². The Kier molecular flexibility index (Phi) is 5.47. The van der Waals surface area contributed by atoms with Gasteiger partial charge in [-0.15, -0.1) is 0 Å². The number of carboxylic acid groups (broad SMARTS) is 1. The second-order valence-corrected chi connectivity index (χ2v) is 7.69. The molecule has 3 atom stereocenters. The number of likely N-dealkylation sites (N-methyl/N-ethyl adjacent to an activating group) is 1. The zero-order valence-electron chi connectivity index (χ0n) is 16.7. The van der Waals surface area contributed by atoms with E-state index in [0.29, 0.717) is 12.2 Å². The molecule has 1 amide bonds. The van der Waals surface area contributed by atoms with E-state index in [-0.39, 0.29) is 18.4 Å². The summed E-state index contributed by atoms with van der Waals surface area (Å²) < 4.78 is 0. The molecule has 1 aliphatic rings. The molecular formula is C21H26N4O3. The topological polar surface area (TPSA) is 86.6 Å². The Hall–Kier alpha value is -2.80. The zero-order valence-corrected chi connectivity index (χ0v) is 16.7. The number of amides is 1. The zero-order chi connectivity index (χ0) is 20.5. The van der Waals surface area contributed by atoms with Crippen molar-refractivity contribution in [3.05, 3.63) is 59.7 Å². The number of carboxylic acids is 1. The van der Waals surface area contributed by atoms with Crippen LogP contribution in [0, 0.1) is 12.8 Å². The summed E-state index contributed by atoms with van der Waals surface area (Å²) in [7, 11) is 3.52. The molecule has 1 aliphatic heterocycles. The average molecular weight is 382 g/mol. The van der Waals surface area contributed by atoms with Gasteiger partial charge in [-0.3, -0.25) is 24.5 Å². The number of aliphatic carboxylic acids is 1. The first-order valence-electron chi connectivity index (χ1n) is 9.27. The van der Waals surface area contributed by atoms with Gasteiger partial charge in [-0.1, -0.05) is 24.3 Å². The van der Waals surface area contributed by atoms with E-state index in [2.05, 4.69) is 9.97 Å². The molecule has 1 saturated heterocycles. The van der Waals surface area contributed by atoms with Crippen molar-refractivity contribution in [2.45, 2.75) is 38.4 Å². The molecule has 3 rings (SSSR count). The van der Waals surface area contributed by atoms with Crippen LogP contribution in [0.5, 0.6) is 0 Å². The fourth-order valence-electron chi connectivity index (χ4n) is 4.08. The van der Waals surface area contributed by atoms with Gasteiger partial charge in [-0.05, 0) is 38.4 Å². The highest BCUT2D eigenvalue weighted by Crippen LogP contribution is 2.47. The van der Waals surface area contributed by atoms with Gasteiger partial charge in [0.25, 0.3) is 0 Å². The number of rotatable bonds is 5. The van der Waals surface area contributed by atoms with Gasteiger partial charge >= 0.3 is 5.97 Å². The Bertz CT molecular complexity index is 873. The Balaban J connectivity index is 1.95. The highest BCUT2D eigenvalue weighted by molar-refractivity contribution is 5.85. The van der Waals surface area contributed by atoms with Crippen LogP contribution in [-0.4, -0.2) is 56.4 Å². The van der Waals surface area contributed by atoms with Crippen molar-refractivity contribution in [3.8, 4) is 0 Å². The second kappa shape index (κ2) is 7.67. The van der Waals surface area contributed by atoms with Gasteiger partial charge in [0.1, 0.15) is 5.54 Å². The Morgan fingerprint density at radius 2 is 2.04 bits per heavy atom. The van der Waals surface area contributed by atoms with E-state index < -0.39 is 17.4 Å². The summed E-state index contributed by atoms with van der Waals surface area (Å²) >= 11 is 0. The molecule has 7 nitrogen and oxygen atoms in total. The molecular weight excluding hydrogens is 356 g/mol. The lowest BCUT2D eigenvalue weighted by Crippen LogP contribution is -2.46. The molecule has 7 heteroatoms. The van der Waals surface area contributed by atoms with Crippen molar-refractivity contribution in [3.63, 3.8) is 0 Å². The maximum absolute atomic E-state index is 13.4. The molecule has 2 aromatic rings. The van der Waals surface area contributed by atoms with Gasteiger partial charge in [-0.2, -0.15) is 0 Å². The first kappa shape index (κ1) is 19.9. The quantitative estimate of drug-likeness (QED) is 0.854. The van der Waals surface area contributed by atoms with Gasteiger partial charge in [0, 0.05) is 25.5 Å². The van der Waals surface area contributed by atoms with Crippen molar-refractivity contribution in [1.29, 1.82) is 0 Å². The highest BCUT2D eigenvalue weighted by atomic mass is 16.4. The standard InChI is InChI=1S/C21H26N4O3/c1-14-7-5-6-8-16(14)18-17(11-21(2,20(27)28)25(18)4)19(26)24(3)13-15-12-22-9-10-23-15/h5-10,12,17-18H,11,13H2,1-4H3,(H,27,28)/t17-,18-,21-/m1/s1. The smallest absolute Gasteiger partial charge is 0.323 e. The lowest BCUT2D eigenvalue weighted by atomic mass is 9.87. The third-order valence-electron chi connectivity index (χ3n) is 5.87. The summed E-state index contributed by atoms with van der Waals surface area (Å²) in [5.74, 6) is -1.47. The Morgan fingerprint density at radius 3 is 2.64 bits per heavy atom. The number of carbonyl (C=O) groups excluding carboxylic acids is 1. The van der Waals surface area contributed by atoms with Crippen LogP contribution in [-0.2, 0) is 16.1 Å². The number of carbonyl (C=O) groups is 2. The largest absolute Gasteiger partial charge is 0.480 e. The van der Waals surface area contributed by atoms with Crippen LogP contribution in [0.4, 0.5) is 0 Å². The first-order valence-corrected chi connectivity index (χ1v) is 9.27. The monoisotopic (exact) mass is 382 g/mol. The third kappa shape index (κ3) is 3.49. The third-order valence-corrected chi connectivity index (χ3v) is 5.87. The molecule has 0 bridgehead atoms. The van der Waals surface area contributed by atoms with Crippen molar-refractivity contribution in [1.82, 2.24) is 19.8 Å². The minimum atomic E-state index is -1.11. The van der Waals surface area contributed by atoms with Gasteiger partial charge in [-0.25, -0.2) is 0 Å². The maximum Gasteiger partial charge on any atom is 0.323 e. The van der Waals surface area contributed by atoms with Crippen LogP contribution in [0.2, 0.25) is 0 Å². The number of likely N-dealkylation sites (tertiary alicyclic amines) is 1. The molecule has 1 N–H and O–H groups in total. The molecule has 1 aromatic heterocycles. The first-order chi connectivity index (χ1) is 13.3. The lowest BCUT2D eigenvalue weighted by molar-refractivity contribution is -0.148. The summed E-state index contributed by atoms with van der Waals surface area (Å²) in [6.07, 6.45) is 5.06. The molecule has 28 heavy (non-hydrogen) atoms. The summed E-state index contributed by atoms with van der Waals surface area (Å²) in [6, 6.07) is 7.54. The molecule has 0 spiro atoms. The number of nitrogens with zero attached hydrogens (tertiary/aromatic N) is 4. The van der Waals surface area contributed by atoms with E-state index in [9.17, 15) is 14.7 Å². The van der Waals surface area contributed by atoms with Gasteiger partial charge in [0.15, 0.2) is 0 Å². The molecule has 148 valence electrons. The summed E-state index contributed by atoms with van der Waals surface area (Å²) in [6.45, 7) is 4.01. The molecule has 2 heterocycles. The van der Waals surface area contributed by atoms with Crippen LogP contribution in [0.15, 0.2) is 42.9 Å². The van der Waals surface area contributed by atoms with Crippen molar-refractivity contribution in [2.75, 3.05) is 14.1 Å². The number of aromatic nitrogens is 2. The SMILES string of the molecule is Cc1ccccc1[C@@H]1[C@H](C(=O)N(C)Cc2cnccn2)C[C@](C)(C(=O)O)N1C.